The standard InChI is InChI=1S/C24H23ClN6O4/c1-4-30-23(33)21(28-31(24(30)34)17-10-8-16(25)9-11-17)22-27-20(35-29-22)13-12-19(32)26-18-7-5-6-14(2)15(18)3/h5-11H,4,12-13H2,1-3H3,(H,26,32). The fourth-order valence-corrected chi connectivity index (χ4v) is 3.58. The summed E-state index contributed by atoms with van der Waals surface area (Å²) in [7, 11) is 0. The van der Waals surface area contributed by atoms with Crippen LogP contribution in [0.4, 0.5) is 5.69 Å². The van der Waals surface area contributed by atoms with Crippen molar-refractivity contribution >= 4 is 23.2 Å². The van der Waals surface area contributed by atoms with Gasteiger partial charge in [0.1, 0.15) is 0 Å². The molecule has 1 N–H and O–H groups in total. The van der Waals surface area contributed by atoms with Crippen LogP contribution < -0.4 is 16.6 Å². The van der Waals surface area contributed by atoms with Crippen molar-refractivity contribution in [2.45, 2.75) is 40.2 Å². The number of rotatable bonds is 7. The highest BCUT2D eigenvalue weighted by Gasteiger charge is 2.20. The minimum atomic E-state index is -0.636. The van der Waals surface area contributed by atoms with E-state index in [1.807, 2.05) is 32.0 Å². The Morgan fingerprint density at radius 2 is 1.86 bits per heavy atom. The third-order valence-electron chi connectivity index (χ3n) is 5.57. The van der Waals surface area contributed by atoms with Gasteiger partial charge in [0.2, 0.25) is 17.6 Å². The SMILES string of the molecule is CCn1c(=O)c(-c2noc(CCC(=O)Nc3cccc(C)c3C)n2)nn(-c2ccc(Cl)cc2)c1=O. The van der Waals surface area contributed by atoms with Gasteiger partial charge in [-0.3, -0.25) is 14.2 Å². The molecule has 0 spiro atoms. The predicted octanol–water partition coefficient (Wildman–Crippen LogP) is 3.31. The van der Waals surface area contributed by atoms with E-state index in [2.05, 4.69) is 20.6 Å². The lowest BCUT2D eigenvalue weighted by Gasteiger charge is -2.09. The Morgan fingerprint density at radius 3 is 2.57 bits per heavy atom. The number of hydrogen-bond acceptors (Lipinski definition) is 7. The summed E-state index contributed by atoms with van der Waals surface area (Å²) in [5, 5.41) is 11.4. The van der Waals surface area contributed by atoms with E-state index in [9.17, 15) is 14.4 Å². The zero-order valence-corrected chi connectivity index (χ0v) is 20.2. The summed E-state index contributed by atoms with van der Waals surface area (Å²) in [5.41, 5.74) is 1.86. The zero-order valence-electron chi connectivity index (χ0n) is 19.4. The molecule has 4 aromatic rings. The molecule has 0 radical (unpaired) electrons. The number of nitrogens with zero attached hydrogens (tertiary/aromatic N) is 5. The number of aryl methyl sites for hydroxylation is 2. The molecule has 10 nitrogen and oxygen atoms in total. The van der Waals surface area contributed by atoms with Crippen molar-refractivity contribution in [2.24, 2.45) is 0 Å². The molecule has 1 amide bonds. The van der Waals surface area contributed by atoms with Crippen molar-refractivity contribution < 1.29 is 9.32 Å². The minimum absolute atomic E-state index is 0.0650. The molecule has 0 atom stereocenters. The van der Waals surface area contributed by atoms with Crippen molar-refractivity contribution in [1.29, 1.82) is 0 Å². The second-order valence-electron chi connectivity index (χ2n) is 7.88. The van der Waals surface area contributed by atoms with Crippen LogP contribution in [0.25, 0.3) is 17.2 Å². The molecule has 11 heteroatoms. The van der Waals surface area contributed by atoms with Gasteiger partial charge in [-0.25, -0.2) is 4.79 Å². The van der Waals surface area contributed by atoms with Crippen LogP contribution in [0.3, 0.4) is 0 Å². The first-order valence-corrected chi connectivity index (χ1v) is 11.4. The Labute approximate surface area is 205 Å². The molecule has 0 fully saturated rings. The Balaban J connectivity index is 1.57. The highest BCUT2D eigenvalue weighted by atomic mass is 35.5. The summed E-state index contributed by atoms with van der Waals surface area (Å²) in [4.78, 5) is 42.3. The molecule has 4 rings (SSSR count). The van der Waals surface area contributed by atoms with E-state index in [0.717, 1.165) is 26.1 Å². The Morgan fingerprint density at radius 1 is 1.11 bits per heavy atom. The molecule has 2 aromatic heterocycles. The molecular weight excluding hydrogens is 472 g/mol. The van der Waals surface area contributed by atoms with Crippen molar-refractivity contribution in [1.82, 2.24) is 24.5 Å². The number of carbonyl (C=O) groups excluding carboxylic acids is 1. The number of aromatic nitrogens is 5. The molecule has 0 aliphatic heterocycles. The van der Waals surface area contributed by atoms with Gasteiger partial charge in [0.15, 0.2) is 5.69 Å². The first-order valence-electron chi connectivity index (χ1n) is 11.0. The number of hydrogen-bond donors (Lipinski definition) is 1. The minimum Gasteiger partial charge on any atom is -0.339 e. The van der Waals surface area contributed by atoms with Crippen molar-refractivity contribution in [3.8, 4) is 17.2 Å². The molecule has 0 saturated heterocycles. The van der Waals surface area contributed by atoms with Crippen LogP contribution in [0.1, 0.15) is 30.4 Å². The average Bonchev–Trinajstić information content (AvgIpc) is 3.31. The van der Waals surface area contributed by atoms with E-state index in [4.69, 9.17) is 16.1 Å². The Kier molecular flexibility index (Phi) is 6.92. The normalized spacial score (nSPS) is 11.0. The van der Waals surface area contributed by atoms with Crippen LogP contribution in [0.2, 0.25) is 5.02 Å². The first kappa shape index (κ1) is 24.1. The second-order valence-corrected chi connectivity index (χ2v) is 8.31. The fourth-order valence-electron chi connectivity index (χ4n) is 3.46. The van der Waals surface area contributed by atoms with E-state index in [-0.39, 0.29) is 42.7 Å². The summed E-state index contributed by atoms with van der Waals surface area (Å²) in [6.07, 6.45) is 0.272. The molecular formula is C24H23ClN6O4. The number of amides is 1. The van der Waals surface area contributed by atoms with E-state index >= 15 is 0 Å². The number of anilines is 1. The van der Waals surface area contributed by atoms with E-state index in [0.29, 0.717) is 10.7 Å². The van der Waals surface area contributed by atoms with Crippen LogP contribution in [0.15, 0.2) is 56.6 Å². The third kappa shape index (κ3) is 5.07. The van der Waals surface area contributed by atoms with Crippen LogP contribution >= 0.6 is 11.6 Å². The van der Waals surface area contributed by atoms with Gasteiger partial charge >= 0.3 is 5.69 Å². The summed E-state index contributed by atoms with van der Waals surface area (Å²) >= 11 is 5.94. The van der Waals surface area contributed by atoms with Crippen molar-refractivity contribution in [2.75, 3.05) is 5.32 Å². The van der Waals surface area contributed by atoms with E-state index in [1.54, 1.807) is 31.2 Å². The topological polar surface area (TPSA) is 125 Å². The van der Waals surface area contributed by atoms with Gasteiger partial charge in [0.25, 0.3) is 5.56 Å². The number of benzene rings is 2. The zero-order chi connectivity index (χ0) is 25.1. The highest BCUT2D eigenvalue weighted by Crippen LogP contribution is 2.18. The lowest BCUT2D eigenvalue weighted by Crippen LogP contribution is -2.41. The summed E-state index contributed by atoms with van der Waals surface area (Å²) in [5.74, 6) is -0.101. The number of halogens is 1. The molecule has 0 unspecified atom stereocenters. The second kappa shape index (κ2) is 10.1. The highest BCUT2D eigenvalue weighted by molar-refractivity contribution is 6.30. The van der Waals surface area contributed by atoms with E-state index in [1.165, 1.54) is 0 Å². The third-order valence-corrected chi connectivity index (χ3v) is 5.82. The van der Waals surface area contributed by atoms with Gasteiger partial charge in [-0.15, -0.1) is 0 Å². The predicted molar refractivity (Wildman–Crippen MR) is 131 cm³/mol. The number of carbonyl (C=O) groups is 1. The fraction of sp³-hybridized carbons (Fsp3) is 0.250. The molecule has 180 valence electrons. The van der Waals surface area contributed by atoms with Gasteiger partial charge in [-0.2, -0.15) is 14.8 Å². The van der Waals surface area contributed by atoms with Gasteiger partial charge in [-0.05, 0) is 62.2 Å². The summed E-state index contributed by atoms with van der Waals surface area (Å²) in [6, 6.07) is 12.1. The van der Waals surface area contributed by atoms with Crippen molar-refractivity contribution in [3.63, 3.8) is 0 Å². The van der Waals surface area contributed by atoms with Crippen molar-refractivity contribution in [3.05, 3.63) is 85.3 Å². The molecule has 0 aliphatic rings. The maximum Gasteiger partial charge on any atom is 0.352 e. The molecule has 0 saturated carbocycles. The molecule has 2 aromatic carbocycles. The lowest BCUT2D eigenvalue weighted by molar-refractivity contribution is -0.116. The van der Waals surface area contributed by atoms with Crippen LogP contribution in [0.5, 0.6) is 0 Å². The summed E-state index contributed by atoms with van der Waals surface area (Å²) in [6.45, 7) is 5.72. The molecule has 35 heavy (non-hydrogen) atoms. The number of nitrogens with one attached hydrogen (secondary N) is 1. The molecule has 2 heterocycles. The van der Waals surface area contributed by atoms with Gasteiger partial charge in [0, 0.05) is 30.1 Å². The Bertz CT molecular complexity index is 1500. The monoisotopic (exact) mass is 494 g/mol. The van der Waals surface area contributed by atoms with Gasteiger partial charge in [-0.1, -0.05) is 28.9 Å². The van der Waals surface area contributed by atoms with Gasteiger partial charge in [0.05, 0.1) is 5.69 Å². The van der Waals surface area contributed by atoms with Gasteiger partial charge < -0.3 is 9.84 Å². The van der Waals surface area contributed by atoms with Crippen LogP contribution in [0, 0.1) is 13.8 Å². The largest absolute Gasteiger partial charge is 0.352 e. The van der Waals surface area contributed by atoms with Crippen LogP contribution in [-0.2, 0) is 17.8 Å². The average molecular weight is 495 g/mol. The molecule has 0 aliphatic carbocycles. The molecule has 0 bridgehead atoms. The first-order chi connectivity index (χ1) is 16.8. The quantitative estimate of drug-likeness (QED) is 0.417. The van der Waals surface area contributed by atoms with E-state index < -0.39 is 11.2 Å². The maximum atomic E-state index is 12.9. The smallest absolute Gasteiger partial charge is 0.339 e. The maximum absolute atomic E-state index is 12.9. The lowest BCUT2D eigenvalue weighted by atomic mass is 10.1. The van der Waals surface area contributed by atoms with Crippen LogP contribution in [-0.4, -0.2) is 30.4 Å². The Hall–Kier alpha value is -4.05. The summed E-state index contributed by atoms with van der Waals surface area (Å²) < 4.78 is 7.37.